The molecule has 0 aromatic rings. The number of allylic oxidation sites excluding steroid dienone is 2. The Morgan fingerprint density at radius 1 is 1.12 bits per heavy atom. The molecule has 2 rings (SSSR count). The predicted octanol–water partition coefficient (Wildman–Crippen LogP) is 2.00. The molecule has 16 heavy (non-hydrogen) atoms. The fraction of sp³-hybridized carbons (Fsp3) is 0.833. The lowest BCUT2D eigenvalue weighted by atomic mass is 10.2. The second-order valence-electron chi connectivity index (χ2n) is 5.18. The molecule has 0 aliphatic carbocycles. The summed E-state index contributed by atoms with van der Waals surface area (Å²) in [6.07, 6.45) is 4.44. The van der Waals surface area contributed by atoms with Crippen LogP contribution >= 0.6 is 0 Å². The van der Waals surface area contributed by atoms with Crippen molar-refractivity contribution in [2.75, 3.05) is 32.8 Å². The van der Waals surface area contributed by atoms with E-state index in [1.165, 1.54) is 0 Å². The van der Waals surface area contributed by atoms with Crippen molar-refractivity contribution in [1.82, 2.24) is 4.90 Å². The minimum Gasteiger partial charge on any atom is -0.393 e. The summed E-state index contributed by atoms with van der Waals surface area (Å²) in [4.78, 5) is 2.45. The maximum Gasteiger partial charge on any atom is 0.346 e. The Kier molecular flexibility index (Phi) is 4.19. The highest BCUT2D eigenvalue weighted by Gasteiger charge is 2.39. The monoisotopic (exact) mass is 241 g/mol. The van der Waals surface area contributed by atoms with Gasteiger partial charge in [0.2, 0.25) is 0 Å². The summed E-state index contributed by atoms with van der Waals surface area (Å²) in [6, 6.07) is 2.11. The second-order valence-corrected chi connectivity index (χ2v) is 8.40. The van der Waals surface area contributed by atoms with E-state index in [9.17, 15) is 0 Å². The molecule has 2 aliphatic heterocycles. The average molecular weight is 241 g/mol. The van der Waals surface area contributed by atoms with Crippen molar-refractivity contribution in [2.45, 2.75) is 25.9 Å². The Hall–Kier alpha value is -0.163. The third kappa shape index (κ3) is 3.17. The summed E-state index contributed by atoms with van der Waals surface area (Å²) in [5.74, 6) is 0.721. The van der Waals surface area contributed by atoms with Gasteiger partial charge >= 0.3 is 8.56 Å². The van der Waals surface area contributed by atoms with Crippen LogP contribution in [0.2, 0.25) is 12.1 Å². The highest BCUT2D eigenvalue weighted by Crippen LogP contribution is 2.27. The van der Waals surface area contributed by atoms with Crippen LogP contribution in [0.5, 0.6) is 0 Å². The lowest BCUT2D eigenvalue weighted by molar-refractivity contribution is 0.0908. The molecule has 4 heteroatoms. The topological polar surface area (TPSA) is 21.7 Å². The third-order valence-electron chi connectivity index (χ3n) is 3.19. The summed E-state index contributed by atoms with van der Waals surface area (Å²) in [6.45, 7) is 9.50. The Labute approximate surface area is 99.7 Å². The molecule has 3 nitrogen and oxygen atoms in total. The van der Waals surface area contributed by atoms with Crippen LogP contribution in [0.3, 0.4) is 0 Å². The lowest BCUT2D eigenvalue weighted by Gasteiger charge is -2.33. The minimum atomic E-state index is -1.81. The molecule has 0 aromatic heterocycles. The Bertz CT molecular complexity index is 235. The first-order chi connectivity index (χ1) is 7.70. The van der Waals surface area contributed by atoms with Crippen molar-refractivity contribution < 1.29 is 8.85 Å². The summed E-state index contributed by atoms with van der Waals surface area (Å²) >= 11 is 0. The van der Waals surface area contributed by atoms with Crippen LogP contribution in [-0.4, -0.2) is 46.3 Å². The van der Waals surface area contributed by atoms with Gasteiger partial charge in [-0.05, 0) is 5.92 Å². The van der Waals surface area contributed by atoms with Gasteiger partial charge < -0.3 is 8.85 Å². The molecule has 2 aliphatic rings. The van der Waals surface area contributed by atoms with E-state index in [-0.39, 0.29) is 0 Å². The summed E-state index contributed by atoms with van der Waals surface area (Å²) in [5.41, 5.74) is 0. The van der Waals surface area contributed by atoms with E-state index >= 15 is 0 Å². The van der Waals surface area contributed by atoms with Gasteiger partial charge in [-0.3, -0.25) is 4.90 Å². The van der Waals surface area contributed by atoms with Gasteiger partial charge in [-0.25, -0.2) is 0 Å². The van der Waals surface area contributed by atoms with E-state index in [2.05, 4.69) is 30.9 Å². The zero-order valence-corrected chi connectivity index (χ0v) is 11.4. The molecule has 1 spiro atoms. The van der Waals surface area contributed by atoms with Crippen LogP contribution in [0.1, 0.15) is 13.8 Å². The van der Waals surface area contributed by atoms with Crippen molar-refractivity contribution >= 4 is 8.56 Å². The van der Waals surface area contributed by atoms with Crippen molar-refractivity contribution in [1.29, 1.82) is 0 Å². The van der Waals surface area contributed by atoms with Crippen molar-refractivity contribution in [3.8, 4) is 0 Å². The van der Waals surface area contributed by atoms with Gasteiger partial charge in [0, 0.05) is 44.9 Å². The van der Waals surface area contributed by atoms with E-state index in [4.69, 9.17) is 8.85 Å². The molecule has 0 radical (unpaired) electrons. The molecule has 0 amide bonds. The Morgan fingerprint density at radius 2 is 1.69 bits per heavy atom. The molecule has 0 N–H and O–H groups in total. The standard InChI is InChI=1S/C12H23NO2Si/c1-12(2)11-13-5-7-14-16(15-8-6-13)9-3-4-10-16/h3-4,12H,5-11H2,1-2H3. The Morgan fingerprint density at radius 3 is 2.19 bits per heavy atom. The predicted molar refractivity (Wildman–Crippen MR) is 67.7 cm³/mol. The zero-order chi connectivity index (χ0) is 11.4. The molecular weight excluding hydrogens is 218 g/mol. The third-order valence-corrected chi connectivity index (χ3v) is 6.37. The summed E-state index contributed by atoms with van der Waals surface area (Å²) in [7, 11) is -1.81. The molecule has 0 atom stereocenters. The highest BCUT2D eigenvalue weighted by molar-refractivity contribution is 6.69. The summed E-state index contributed by atoms with van der Waals surface area (Å²) in [5, 5.41) is 0. The SMILES string of the molecule is CC(C)CN1CCO[Si]2(CC=CC2)OCC1. The van der Waals surface area contributed by atoms with Gasteiger partial charge in [-0.2, -0.15) is 0 Å². The molecule has 1 saturated heterocycles. The molecule has 0 unspecified atom stereocenters. The summed E-state index contributed by atoms with van der Waals surface area (Å²) < 4.78 is 12.1. The molecule has 2 heterocycles. The molecule has 0 saturated carbocycles. The number of hydrogen-bond acceptors (Lipinski definition) is 3. The van der Waals surface area contributed by atoms with E-state index in [1.807, 2.05) is 0 Å². The minimum absolute atomic E-state index is 0.721. The van der Waals surface area contributed by atoms with E-state index < -0.39 is 8.56 Å². The van der Waals surface area contributed by atoms with Crippen LogP contribution in [0.25, 0.3) is 0 Å². The highest BCUT2D eigenvalue weighted by atomic mass is 28.4. The maximum absolute atomic E-state index is 6.06. The van der Waals surface area contributed by atoms with Gasteiger partial charge in [0.25, 0.3) is 0 Å². The van der Waals surface area contributed by atoms with Crippen molar-refractivity contribution in [3.05, 3.63) is 12.2 Å². The van der Waals surface area contributed by atoms with Crippen LogP contribution < -0.4 is 0 Å². The number of rotatable bonds is 2. The largest absolute Gasteiger partial charge is 0.393 e. The first-order valence-electron chi connectivity index (χ1n) is 6.35. The lowest BCUT2D eigenvalue weighted by Crippen LogP contribution is -2.47. The quantitative estimate of drug-likeness (QED) is 0.545. The van der Waals surface area contributed by atoms with Gasteiger partial charge in [0.1, 0.15) is 0 Å². The first-order valence-corrected chi connectivity index (χ1v) is 8.58. The van der Waals surface area contributed by atoms with Gasteiger partial charge in [0.15, 0.2) is 0 Å². The zero-order valence-electron chi connectivity index (χ0n) is 10.4. The van der Waals surface area contributed by atoms with E-state index in [0.29, 0.717) is 0 Å². The van der Waals surface area contributed by atoms with Crippen molar-refractivity contribution in [2.24, 2.45) is 5.92 Å². The fourth-order valence-electron chi connectivity index (χ4n) is 2.42. The van der Waals surface area contributed by atoms with Crippen molar-refractivity contribution in [3.63, 3.8) is 0 Å². The molecule has 92 valence electrons. The number of hydrogen-bond donors (Lipinski definition) is 0. The van der Waals surface area contributed by atoms with Crippen LogP contribution in [0, 0.1) is 5.92 Å². The Balaban J connectivity index is 1.81. The smallest absolute Gasteiger partial charge is 0.346 e. The molecular formula is C12H23NO2Si. The normalized spacial score (nSPS) is 26.2. The molecule has 0 aromatic carbocycles. The van der Waals surface area contributed by atoms with Crippen LogP contribution in [-0.2, 0) is 8.85 Å². The van der Waals surface area contributed by atoms with E-state index in [0.717, 1.165) is 50.9 Å². The number of nitrogens with zero attached hydrogens (tertiary/aromatic N) is 1. The van der Waals surface area contributed by atoms with Crippen LogP contribution in [0.4, 0.5) is 0 Å². The van der Waals surface area contributed by atoms with Gasteiger partial charge in [-0.1, -0.05) is 26.0 Å². The van der Waals surface area contributed by atoms with E-state index in [1.54, 1.807) is 0 Å². The maximum atomic E-state index is 6.06. The average Bonchev–Trinajstić information content (AvgIpc) is 2.63. The van der Waals surface area contributed by atoms with Gasteiger partial charge in [-0.15, -0.1) is 0 Å². The van der Waals surface area contributed by atoms with Crippen LogP contribution in [0.15, 0.2) is 12.2 Å². The molecule has 0 bridgehead atoms. The molecule has 1 fully saturated rings. The van der Waals surface area contributed by atoms with Gasteiger partial charge in [0.05, 0.1) is 0 Å². The second kappa shape index (κ2) is 5.45. The fourth-order valence-corrected chi connectivity index (χ4v) is 5.12. The first kappa shape index (κ1) is 12.3.